The van der Waals surface area contributed by atoms with E-state index in [9.17, 15) is 24.0 Å². The summed E-state index contributed by atoms with van der Waals surface area (Å²) >= 11 is 0. The molecule has 0 bridgehead atoms. The predicted octanol–water partition coefficient (Wildman–Crippen LogP) is 1.71. The number of para-hydroxylation sites is 1. The van der Waals surface area contributed by atoms with Crippen LogP contribution in [0.25, 0.3) is 0 Å². The highest BCUT2D eigenvalue weighted by molar-refractivity contribution is 6.21. The van der Waals surface area contributed by atoms with Gasteiger partial charge in [-0.1, -0.05) is 78.9 Å². The lowest BCUT2D eigenvalue weighted by Crippen LogP contribution is -2.51. The summed E-state index contributed by atoms with van der Waals surface area (Å²) in [6.45, 7) is -0.525. The van der Waals surface area contributed by atoms with Crippen molar-refractivity contribution < 1.29 is 29.1 Å². The van der Waals surface area contributed by atoms with E-state index in [4.69, 9.17) is 5.11 Å². The molecule has 0 aliphatic carbocycles. The minimum absolute atomic E-state index is 0.0183. The summed E-state index contributed by atoms with van der Waals surface area (Å²) < 4.78 is 0. The Morgan fingerprint density at radius 3 is 2.23 bits per heavy atom. The first-order valence-electron chi connectivity index (χ1n) is 12.2. The van der Waals surface area contributed by atoms with Crippen molar-refractivity contribution in [1.29, 1.82) is 0 Å². The van der Waals surface area contributed by atoms with E-state index >= 15 is 0 Å². The summed E-state index contributed by atoms with van der Waals surface area (Å²) in [5, 5.41) is 14.0. The summed E-state index contributed by atoms with van der Waals surface area (Å²) in [6.07, 6.45) is -1.60. The number of aldehydes is 1. The molecule has 0 radical (unpaired) electrons. The molecule has 10 heteroatoms. The van der Waals surface area contributed by atoms with Crippen molar-refractivity contribution in [3.05, 3.63) is 102 Å². The zero-order valence-electron chi connectivity index (χ0n) is 20.8. The van der Waals surface area contributed by atoms with Gasteiger partial charge in [-0.3, -0.25) is 24.1 Å². The lowest BCUT2D eigenvalue weighted by Gasteiger charge is -2.25. The molecule has 2 atom stereocenters. The minimum Gasteiger partial charge on any atom is -0.481 e. The first-order chi connectivity index (χ1) is 18.9. The van der Waals surface area contributed by atoms with Crippen molar-refractivity contribution >= 4 is 41.4 Å². The van der Waals surface area contributed by atoms with E-state index in [-0.39, 0.29) is 6.42 Å². The summed E-state index contributed by atoms with van der Waals surface area (Å²) in [7, 11) is 0. The normalized spacial score (nSPS) is 15.3. The van der Waals surface area contributed by atoms with Gasteiger partial charge in [0.05, 0.1) is 30.3 Å². The standard InChI is InChI=1S/C29H26N4O6/c34-18-21(16-26(37)38)30-25(36)17-33-23-14-8-7-13-22(23)27(20-11-5-2-6-12-20)32-28(29(33)39)31-24(35)15-19-9-3-1-4-10-19/h1-14,18,21,28H,15-17H2,(H,30,36)(H,31,35)(H,37,38)/t21-,28?/m0/s1. The van der Waals surface area contributed by atoms with Crippen LogP contribution >= 0.6 is 0 Å². The highest BCUT2D eigenvalue weighted by Gasteiger charge is 2.34. The number of fused-ring (bicyclic) bond motifs is 1. The lowest BCUT2D eigenvalue weighted by molar-refractivity contribution is -0.138. The van der Waals surface area contributed by atoms with Crippen LogP contribution in [0.3, 0.4) is 0 Å². The van der Waals surface area contributed by atoms with Gasteiger partial charge >= 0.3 is 5.97 Å². The van der Waals surface area contributed by atoms with Gasteiger partial charge in [0.25, 0.3) is 5.91 Å². The second-order valence-corrected chi connectivity index (χ2v) is 8.83. The van der Waals surface area contributed by atoms with Crippen molar-refractivity contribution in [3.8, 4) is 0 Å². The van der Waals surface area contributed by atoms with Crippen LogP contribution in [0.2, 0.25) is 0 Å². The number of anilines is 1. The second-order valence-electron chi connectivity index (χ2n) is 8.83. The van der Waals surface area contributed by atoms with E-state index in [1.165, 1.54) is 4.90 Å². The Labute approximate surface area is 224 Å². The average molecular weight is 527 g/mol. The van der Waals surface area contributed by atoms with Gasteiger partial charge in [-0.25, -0.2) is 4.99 Å². The van der Waals surface area contributed by atoms with Gasteiger partial charge in [-0.05, 0) is 11.6 Å². The summed E-state index contributed by atoms with van der Waals surface area (Å²) in [5.41, 5.74) is 2.84. The fourth-order valence-electron chi connectivity index (χ4n) is 4.21. The molecule has 3 N–H and O–H groups in total. The molecule has 1 unspecified atom stereocenters. The SMILES string of the molecule is O=C[C@H](CC(=O)O)NC(=O)CN1C(=O)C(NC(=O)Cc2ccccc2)N=C(c2ccccc2)c2ccccc21. The highest BCUT2D eigenvalue weighted by Crippen LogP contribution is 2.28. The van der Waals surface area contributed by atoms with Crippen LogP contribution in [0.1, 0.15) is 23.1 Å². The maximum atomic E-state index is 13.8. The van der Waals surface area contributed by atoms with Gasteiger partial charge in [0.1, 0.15) is 12.8 Å². The van der Waals surface area contributed by atoms with Crippen molar-refractivity contribution in [2.45, 2.75) is 25.0 Å². The molecule has 1 aliphatic rings. The Morgan fingerprint density at radius 2 is 1.56 bits per heavy atom. The molecule has 0 aromatic heterocycles. The molecule has 3 aromatic carbocycles. The third-order valence-corrected chi connectivity index (χ3v) is 5.97. The number of nitrogens with zero attached hydrogens (tertiary/aromatic N) is 2. The third-order valence-electron chi connectivity index (χ3n) is 5.97. The molecule has 39 heavy (non-hydrogen) atoms. The number of hydrogen-bond donors (Lipinski definition) is 3. The minimum atomic E-state index is -1.35. The smallest absolute Gasteiger partial charge is 0.305 e. The lowest BCUT2D eigenvalue weighted by atomic mass is 10.0. The number of benzodiazepines with no additional fused rings is 1. The Balaban J connectivity index is 1.69. The molecule has 0 saturated heterocycles. The van der Waals surface area contributed by atoms with Gasteiger partial charge in [0.15, 0.2) is 0 Å². The number of aliphatic imine (C=N–C) groups is 1. The van der Waals surface area contributed by atoms with Crippen LogP contribution < -0.4 is 15.5 Å². The van der Waals surface area contributed by atoms with Crippen LogP contribution in [-0.4, -0.2) is 59.5 Å². The molecule has 3 aromatic rings. The molecule has 198 valence electrons. The number of carbonyl (C=O) groups excluding carboxylic acids is 4. The number of rotatable bonds is 10. The maximum Gasteiger partial charge on any atom is 0.305 e. The largest absolute Gasteiger partial charge is 0.481 e. The summed E-state index contributed by atoms with van der Waals surface area (Å²) in [6, 6.07) is 23.8. The number of carbonyl (C=O) groups is 5. The molecule has 0 spiro atoms. The van der Waals surface area contributed by atoms with Gasteiger partial charge in [0, 0.05) is 11.1 Å². The molecule has 3 amide bonds. The molecule has 0 saturated carbocycles. The van der Waals surface area contributed by atoms with Crippen molar-refractivity contribution in [3.63, 3.8) is 0 Å². The number of amides is 3. The van der Waals surface area contributed by atoms with Crippen LogP contribution in [-0.2, 0) is 30.4 Å². The summed E-state index contributed by atoms with van der Waals surface area (Å²) in [5.74, 6) is -3.10. The molecule has 0 fully saturated rings. The Morgan fingerprint density at radius 1 is 0.923 bits per heavy atom. The van der Waals surface area contributed by atoms with Gasteiger partial charge in [-0.15, -0.1) is 0 Å². The number of nitrogens with one attached hydrogen (secondary N) is 2. The topological polar surface area (TPSA) is 145 Å². The zero-order chi connectivity index (χ0) is 27.8. The van der Waals surface area contributed by atoms with E-state index in [1.54, 1.807) is 48.5 Å². The van der Waals surface area contributed by atoms with Crippen molar-refractivity contribution in [2.75, 3.05) is 11.4 Å². The second kappa shape index (κ2) is 12.4. The number of hydrogen-bond acceptors (Lipinski definition) is 6. The van der Waals surface area contributed by atoms with Crippen molar-refractivity contribution in [2.24, 2.45) is 4.99 Å². The third kappa shape index (κ3) is 6.80. The zero-order valence-corrected chi connectivity index (χ0v) is 20.8. The first-order valence-corrected chi connectivity index (χ1v) is 12.2. The van der Waals surface area contributed by atoms with E-state index in [0.29, 0.717) is 28.8 Å². The Kier molecular flexibility index (Phi) is 8.57. The Hall–Kier alpha value is -5.12. The van der Waals surface area contributed by atoms with E-state index < -0.39 is 48.9 Å². The Bertz CT molecular complexity index is 1410. The number of aliphatic carboxylic acids is 1. The fourth-order valence-corrected chi connectivity index (χ4v) is 4.21. The first kappa shape index (κ1) is 26.9. The fraction of sp³-hybridized carbons (Fsp3) is 0.172. The maximum absolute atomic E-state index is 13.8. The van der Waals surface area contributed by atoms with Crippen LogP contribution in [0.4, 0.5) is 5.69 Å². The predicted molar refractivity (Wildman–Crippen MR) is 143 cm³/mol. The van der Waals surface area contributed by atoms with Gasteiger partial charge in [-0.2, -0.15) is 0 Å². The van der Waals surface area contributed by atoms with Crippen LogP contribution in [0.15, 0.2) is 89.9 Å². The molecular formula is C29H26N4O6. The van der Waals surface area contributed by atoms with E-state index in [0.717, 1.165) is 5.56 Å². The van der Waals surface area contributed by atoms with Crippen LogP contribution in [0, 0.1) is 0 Å². The number of carboxylic acid groups (broad SMARTS) is 1. The molecular weight excluding hydrogens is 500 g/mol. The monoisotopic (exact) mass is 526 g/mol. The highest BCUT2D eigenvalue weighted by atomic mass is 16.4. The quantitative estimate of drug-likeness (QED) is 0.343. The van der Waals surface area contributed by atoms with Gasteiger partial charge in [0.2, 0.25) is 18.0 Å². The molecule has 10 nitrogen and oxygen atoms in total. The molecule has 1 aliphatic heterocycles. The molecule has 4 rings (SSSR count). The van der Waals surface area contributed by atoms with Crippen LogP contribution in [0.5, 0.6) is 0 Å². The van der Waals surface area contributed by atoms with Gasteiger partial charge < -0.3 is 20.5 Å². The van der Waals surface area contributed by atoms with E-state index in [2.05, 4.69) is 15.6 Å². The number of carboxylic acids is 1. The van der Waals surface area contributed by atoms with E-state index in [1.807, 2.05) is 36.4 Å². The van der Waals surface area contributed by atoms with Crippen molar-refractivity contribution in [1.82, 2.24) is 10.6 Å². The average Bonchev–Trinajstić information content (AvgIpc) is 3.04. The number of benzene rings is 3. The molecule has 1 heterocycles. The summed E-state index contributed by atoms with van der Waals surface area (Å²) in [4.78, 5) is 67.8.